The first-order valence-corrected chi connectivity index (χ1v) is 14.2. The van der Waals surface area contributed by atoms with Crippen molar-refractivity contribution in [2.24, 2.45) is 0 Å². The Labute approximate surface area is 258 Å². The molecule has 0 amide bonds. The molecular formula is C31H28Cl3NO7. The van der Waals surface area contributed by atoms with Gasteiger partial charge in [0, 0.05) is 12.0 Å². The maximum atomic E-state index is 11.8. The van der Waals surface area contributed by atoms with Gasteiger partial charge in [0.1, 0.15) is 11.3 Å². The number of esters is 2. The summed E-state index contributed by atoms with van der Waals surface area (Å²) in [4.78, 5) is 27.6. The van der Waals surface area contributed by atoms with Crippen LogP contribution in [-0.2, 0) is 20.7 Å². The normalized spacial score (nSPS) is 11.2. The molecule has 0 saturated carbocycles. The van der Waals surface area contributed by atoms with Gasteiger partial charge in [-0.15, -0.1) is 0 Å². The van der Waals surface area contributed by atoms with Gasteiger partial charge in [-0.05, 0) is 73.4 Å². The van der Waals surface area contributed by atoms with Crippen LogP contribution in [0.2, 0.25) is 15.1 Å². The number of methoxy groups -OCH3 is 2. The maximum Gasteiger partial charge on any atom is 0.337 e. The average molecular weight is 633 g/mol. The van der Waals surface area contributed by atoms with E-state index in [1.807, 2.05) is 18.2 Å². The van der Waals surface area contributed by atoms with Crippen molar-refractivity contribution in [3.63, 3.8) is 0 Å². The fourth-order valence-electron chi connectivity index (χ4n) is 3.99. The van der Waals surface area contributed by atoms with Gasteiger partial charge in [-0.1, -0.05) is 47.0 Å². The minimum atomic E-state index is -0.450. The number of carbonyl (C=O) groups is 2. The minimum absolute atomic E-state index is 0.247. The summed E-state index contributed by atoms with van der Waals surface area (Å²) in [6.07, 6.45) is 6.02. The van der Waals surface area contributed by atoms with Crippen LogP contribution in [0.3, 0.4) is 0 Å². The van der Waals surface area contributed by atoms with Crippen LogP contribution in [0.15, 0.2) is 65.1 Å². The Hall–Kier alpha value is -3.72. The monoisotopic (exact) mass is 631 g/mol. The molecule has 8 nitrogen and oxygen atoms in total. The van der Waals surface area contributed by atoms with E-state index in [-0.39, 0.29) is 12.4 Å². The summed E-state index contributed by atoms with van der Waals surface area (Å²) in [5.74, 6) is 0.590. The molecule has 42 heavy (non-hydrogen) atoms. The number of halogens is 3. The van der Waals surface area contributed by atoms with Crippen molar-refractivity contribution in [2.75, 3.05) is 27.4 Å². The smallest absolute Gasteiger partial charge is 0.337 e. The first-order chi connectivity index (χ1) is 20.3. The number of oxazole rings is 1. The molecule has 0 unspecified atom stereocenters. The lowest BCUT2D eigenvalue weighted by atomic mass is 10.1. The number of benzene rings is 3. The molecule has 0 saturated heterocycles. The number of aromatic nitrogens is 1. The Kier molecular flexibility index (Phi) is 11.1. The van der Waals surface area contributed by atoms with Gasteiger partial charge in [0.15, 0.2) is 11.3 Å². The molecule has 4 rings (SSSR count). The summed E-state index contributed by atoms with van der Waals surface area (Å²) in [5.41, 5.74) is 2.98. The second kappa shape index (κ2) is 15.0. The molecule has 1 heterocycles. The predicted molar refractivity (Wildman–Crippen MR) is 162 cm³/mol. The SMILES string of the molecule is COC(=O)CCc1cc(Cl)c(OCC/C=C/CCOc2ccc(-c3nc4ccc(C(=O)OC)cc4o3)cc2Cl)c(Cl)c1. The van der Waals surface area contributed by atoms with E-state index in [0.29, 0.717) is 87.2 Å². The molecule has 0 N–H and O–H groups in total. The van der Waals surface area contributed by atoms with Crippen LogP contribution in [0, 0.1) is 0 Å². The molecule has 11 heteroatoms. The zero-order chi connectivity index (χ0) is 30.1. The number of carbonyl (C=O) groups excluding carboxylic acids is 2. The van der Waals surface area contributed by atoms with Gasteiger partial charge >= 0.3 is 11.9 Å². The Morgan fingerprint density at radius 2 is 1.57 bits per heavy atom. The summed E-state index contributed by atoms with van der Waals surface area (Å²) in [7, 11) is 2.67. The zero-order valence-corrected chi connectivity index (χ0v) is 25.2. The molecule has 0 atom stereocenters. The van der Waals surface area contributed by atoms with E-state index in [1.165, 1.54) is 14.2 Å². The van der Waals surface area contributed by atoms with Gasteiger partial charge in [-0.2, -0.15) is 0 Å². The highest BCUT2D eigenvalue weighted by Gasteiger charge is 2.14. The van der Waals surface area contributed by atoms with E-state index in [1.54, 1.807) is 42.5 Å². The van der Waals surface area contributed by atoms with Crippen LogP contribution in [0.1, 0.15) is 35.2 Å². The van der Waals surface area contributed by atoms with Crippen LogP contribution < -0.4 is 9.47 Å². The number of nitrogens with zero attached hydrogens (tertiary/aromatic N) is 1. The Morgan fingerprint density at radius 3 is 2.24 bits per heavy atom. The van der Waals surface area contributed by atoms with Gasteiger partial charge in [0.25, 0.3) is 0 Å². The van der Waals surface area contributed by atoms with Crippen molar-refractivity contribution in [1.82, 2.24) is 4.98 Å². The summed E-state index contributed by atoms with van der Waals surface area (Å²) >= 11 is 19.1. The number of ether oxygens (including phenoxy) is 4. The highest BCUT2D eigenvalue weighted by atomic mass is 35.5. The number of hydrogen-bond acceptors (Lipinski definition) is 8. The molecule has 3 aromatic carbocycles. The molecule has 0 radical (unpaired) electrons. The maximum absolute atomic E-state index is 11.8. The topological polar surface area (TPSA) is 97.1 Å². The van der Waals surface area contributed by atoms with Gasteiger partial charge in [-0.25, -0.2) is 9.78 Å². The third-order valence-corrected chi connectivity index (χ3v) is 6.99. The van der Waals surface area contributed by atoms with Gasteiger partial charge in [0.2, 0.25) is 5.89 Å². The molecule has 1 aromatic heterocycles. The van der Waals surface area contributed by atoms with Crippen LogP contribution in [0.25, 0.3) is 22.6 Å². The van der Waals surface area contributed by atoms with E-state index < -0.39 is 5.97 Å². The van der Waals surface area contributed by atoms with Gasteiger partial charge in [-0.3, -0.25) is 4.79 Å². The van der Waals surface area contributed by atoms with Crippen LogP contribution in [0.5, 0.6) is 11.5 Å². The average Bonchev–Trinajstić information content (AvgIpc) is 3.42. The predicted octanol–water partition coefficient (Wildman–Crippen LogP) is 8.14. The van der Waals surface area contributed by atoms with Gasteiger partial charge in [0.05, 0.1) is 48.1 Å². The highest BCUT2D eigenvalue weighted by molar-refractivity contribution is 6.37. The van der Waals surface area contributed by atoms with Gasteiger partial charge < -0.3 is 23.4 Å². The second-order valence-corrected chi connectivity index (χ2v) is 10.3. The molecule has 4 aromatic rings. The van der Waals surface area contributed by atoms with Crippen molar-refractivity contribution in [3.05, 3.63) is 86.9 Å². The summed E-state index contributed by atoms with van der Waals surface area (Å²) in [5, 5.41) is 1.21. The van der Waals surface area contributed by atoms with E-state index in [4.69, 9.17) is 53.4 Å². The molecule has 220 valence electrons. The number of aryl methyl sites for hydroxylation is 1. The van der Waals surface area contributed by atoms with E-state index in [9.17, 15) is 9.59 Å². The fraction of sp³-hybridized carbons (Fsp3) is 0.258. The quantitative estimate of drug-likeness (QED) is 0.0828. The van der Waals surface area contributed by atoms with E-state index >= 15 is 0 Å². The first-order valence-electron chi connectivity index (χ1n) is 13.0. The molecule has 0 bridgehead atoms. The third-order valence-electron chi connectivity index (χ3n) is 6.13. The zero-order valence-electron chi connectivity index (χ0n) is 23.0. The van der Waals surface area contributed by atoms with Crippen LogP contribution in [-0.4, -0.2) is 44.4 Å². The summed E-state index contributed by atoms with van der Waals surface area (Å²) in [6, 6.07) is 13.7. The lowest BCUT2D eigenvalue weighted by Crippen LogP contribution is -2.02. The van der Waals surface area contributed by atoms with E-state index in [0.717, 1.165) is 5.56 Å². The lowest BCUT2D eigenvalue weighted by Gasteiger charge is -2.11. The number of fused-ring (bicyclic) bond motifs is 1. The Bertz CT molecular complexity index is 1580. The summed E-state index contributed by atoms with van der Waals surface area (Å²) < 4.78 is 26.8. The minimum Gasteiger partial charge on any atom is -0.492 e. The largest absolute Gasteiger partial charge is 0.492 e. The van der Waals surface area contributed by atoms with Crippen molar-refractivity contribution < 1.29 is 33.0 Å². The van der Waals surface area contributed by atoms with Crippen molar-refractivity contribution in [1.29, 1.82) is 0 Å². The van der Waals surface area contributed by atoms with Crippen molar-refractivity contribution in [3.8, 4) is 23.0 Å². The molecule has 0 aliphatic carbocycles. The fourth-order valence-corrected chi connectivity index (χ4v) is 4.87. The second-order valence-electron chi connectivity index (χ2n) is 9.05. The Morgan fingerprint density at radius 1 is 0.857 bits per heavy atom. The number of hydrogen-bond donors (Lipinski definition) is 0. The first kappa shape index (κ1) is 31.2. The third kappa shape index (κ3) is 8.18. The summed E-state index contributed by atoms with van der Waals surface area (Å²) in [6.45, 7) is 0.825. The standard InChI is InChI=1S/C31H28Cl3NO7/c1-38-28(36)12-7-19-15-23(33)29(24(34)16-19)41-14-6-4-3-5-13-40-26-11-9-20(17-22(26)32)30-35-25-10-8-21(31(37)39-2)18-27(25)42-30/h3-4,8-11,15-18H,5-7,12-14H2,1-2H3/b4-3+. The lowest BCUT2D eigenvalue weighted by molar-refractivity contribution is -0.140. The van der Waals surface area contributed by atoms with Crippen molar-refractivity contribution >= 4 is 57.8 Å². The molecule has 0 fully saturated rings. The number of rotatable bonds is 13. The van der Waals surface area contributed by atoms with Crippen molar-refractivity contribution in [2.45, 2.75) is 25.7 Å². The Balaban J connectivity index is 1.22. The highest BCUT2D eigenvalue weighted by Crippen LogP contribution is 2.35. The van der Waals surface area contributed by atoms with Crippen LogP contribution >= 0.6 is 34.8 Å². The molecular weight excluding hydrogens is 605 g/mol. The molecule has 0 aliphatic rings. The molecule has 0 aliphatic heterocycles. The molecule has 0 spiro atoms. The van der Waals surface area contributed by atoms with Crippen LogP contribution in [0.4, 0.5) is 0 Å². The van der Waals surface area contributed by atoms with E-state index in [2.05, 4.69) is 9.72 Å².